The molecule has 2 aromatic carbocycles. The molecule has 1 N–H and O–H groups in total. The quantitative estimate of drug-likeness (QED) is 0.647. The minimum atomic E-state index is -3.76. The number of amides is 1. The van der Waals surface area contributed by atoms with Crippen molar-refractivity contribution in [2.75, 3.05) is 26.2 Å². The van der Waals surface area contributed by atoms with Crippen LogP contribution in [0.4, 0.5) is 0 Å². The van der Waals surface area contributed by atoms with Gasteiger partial charge in [-0.1, -0.05) is 41.9 Å². The summed E-state index contributed by atoms with van der Waals surface area (Å²) in [5, 5.41) is 12.2. The summed E-state index contributed by atoms with van der Waals surface area (Å²) < 4.78 is 28.1. The maximum atomic E-state index is 13.4. The molecule has 7 nitrogen and oxygen atoms in total. The van der Waals surface area contributed by atoms with Crippen molar-refractivity contribution >= 4 is 38.3 Å². The van der Waals surface area contributed by atoms with E-state index in [9.17, 15) is 18.3 Å². The van der Waals surface area contributed by atoms with Gasteiger partial charge in [0, 0.05) is 59.9 Å². The van der Waals surface area contributed by atoms with Crippen LogP contribution in [-0.4, -0.2) is 59.8 Å². The van der Waals surface area contributed by atoms with Crippen molar-refractivity contribution in [3.63, 3.8) is 0 Å². The predicted octanol–water partition coefficient (Wildman–Crippen LogP) is 2.84. The molecule has 1 aliphatic rings. The fourth-order valence-corrected chi connectivity index (χ4v) is 5.74. The van der Waals surface area contributed by atoms with E-state index in [0.29, 0.717) is 28.9 Å². The molecule has 0 saturated carbocycles. The highest BCUT2D eigenvalue weighted by Gasteiger charge is 2.31. The van der Waals surface area contributed by atoms with Crippen LogP contribution >= 0.6 is 11.6 Å². The molecule has 31 heavy (non-hydrogen) atoms. The number of hydrogen-bond donors (Lipinski definition) is 1. The van der Waals surface area contributed by atoms with E-state index in [1.165, 1.54) is 9.21 Å². The highest BCUT2D eigenvalue weighted by atomic mass is 35.5. The average molecular weight is 460 g/mol. The Morgan fingerprint density at radius 1 is 1.03 bits per heavy atom. The fourth-order valence-electron chi connectivity index (χ4n) is 3.81. The molecule has 3 aromatic rings. The third-order valence-electron chi connectivity index (χ3n) is 5.46. The van der Waals surface area contributed by atoms with Gasteiger partial charge in [-0.15, -0.1) is 0 Å². The molecule has 1 atom stereocenters. The Labute approximate surface area is 185 Å². The van der Waals surface area contributed by atoms with Crippen LogP contribution in [-0.2, 0) is 14.8 Å². The Morgan fingerprint density at radius 2 is 1.84 bits per heavy atom. The molecule has 1 aliphatic heterocycles. The van der Waals surface area contributed by atoms with Crippen LogP contribution in [0.25, 0.3) is 10.8 Å². The van der Waals surface area contributed by atoms with Gasteiger partial charge >= 0.3 is 0 Å². The number of fused-ring (bicyclic) bond motifs is 1. The number of carbonyl (C=O) groups is 1. The second-order valence-corrected chi connectivity index (χ2v) is 9.67. The second kappa shape index (κ2) is 8.92. The number of benzene rings is 2. The molecular formula is C22H22ClN3O4S. The lowest BCUT2D eigenvalue weighted by atomic mass is 10.1. The molecule has 162 valence electrons. The molecule has 0 spiro atoms. The summed E-state index contributed by atoms with van der Waals surface area (Å²) in [6.07, 6.45) is 2.28. The van der Waals surface area contributed by atoms with Crippen molar-refractivity contribution in [3.05, 3.63) is 71.5 Å². The highest BCUT2D eigenvalue weighted by molar-refractivity contribution is 7.89. The molecule has 9 heteroatoms. The van der Waals surface area contributed by atoms with E-state index in [1.54, 1.807) is 54.9 Å². The van der Waals surface area contributed by atoms with Gasteiger partial charge in [0.2, 0.25) is 10.0 Å². The lowest BCUT2D eigenvalue weighted by Gasteiger charge is -2.24. The normalized spacial score (nSPS) is 16.8. The molecule has 0 bridgehead atoms. The van der Waals surface area contributed by atoms with Crippen molar-refractivity contribution in [1.82, 2.24) is 14.2 Å². The summed E-state index contributed by atoms with van der Waals surface area (Å²) in [4.78, 5) is 18.6. The molecule has 0 aliphatic carbocycles. The van der Waals surface area contributed by atoms with Gasteiger partial charge in [-0.3, -0.25) is 9.78 Å². The van der Waals surface area contributed by atoms with E-state index in [2.05, 4.69) is 4.98 Å². The van der Waals surface area contributed by atoms with Crippen molar-refractivity contribution in [1.29, 1.82) is 0 Å². The Bertz CT molecular complexity index is 1210. The zero-order valence-corrected chi connectivity index (χ0v) is 18.3. The smallest absolute Gasteiger partial charge is 0.256 e. The number of pyridine rings is 1. The molecule has 0 radical (unpaired) electrons. The minimum absolute atomic E-state index is 0.144. The zero-order valence-electron chi connectivity index (χ0n) is 16.7. The first-order chi connectivity index (χ1) is 14.9. The summed E-state index contributed by atoms with van der Waals surface area (Å²) in [6.45, 7) is 0.971. The molecule has 4 rings (SSSR count). The summed E-state index contributed by atoms with van der Waals surface area (Å²) in [5.41, 5.74) is 0.340. The third kappa shape index (κ3) is 4.29. The Balaban J connectivity index is 1.53. The van der Waals surface area contributed by atoms with Crippen LogP contribution in [0.2, 0.25) is 5.02 Å². The van der Waals surface area contributed by atoms with Gasteiger partial charge in [0.1, 0.15) is 0 Å². The number of carbonyl (C=O) groups excluding carboxylic acids is 1. The maximum absolute atomic E-state index is 13.4. The molecule has 2 heterocycles. The number of aliphatic hydroxyl groups is 1. The van der Waals surface area contributed by atoms with E-state index in [1.807, 2.05) is 6.07 Å². The van der Waals surface area contributed by atoms with Gasteiger partial charge in [0.15, 0.2) is 6.10 Å². The number of halogens is 1. The number of nitrogens with zero attached hydrogens (tertiary/aromatic N) is 3. The van der Waals surface area contributed by atoms with Gasteiger partial charge in [-0.05, 0) is 24.6 Å². The van der Waals surface area contributed by atoms with Crippen molar-refractivity contribution in [2.45, 2.75) is 17.4 Å². The van der Waals surface area contributed by atoms with Gasteiger partial charge in [0.05, 0.1) is 4.90 Å². The number of sulfonamides is 1. The monoisotopic (exact) mass is 459 g/mol. The van der Waals surface area contributed by atoms with Crippen molar-refractivity contribution in [2.24, 2.45) is 0 Å². The molecule has 0 unspecified atom stereocenters. The fraction of sp³-hybridized carbons (Fsp3) is 0.273. The van der Waals surface area contributed by atoms with Gasteiger partial charge in [-0.2, -0.15) is 4.31 Å². The molecular weight excluding hydrogens is 438 g/mol. The number of aromatic nitrogens is 1. The Hall–Kier alpha value is -2.52. The van der Waals surface area contributed by atoms with Crippen LogP contribution in [0.3, 0.4) is 0 Å². The molecule has 1 amide bonds. The second-order valence-electron chi connectivity index (χ2n) is 7.36. The SMILES string of the molecule is O=C([C@@H](O)c1ccccc1Cl)N1CCCN(S(=O)(=O)c2cccc3cnccc23)CC1. The summed E-state index contributed by atoms with van der Waals surface area (Å²) in [7, 11) is -3.76. The van der Waals surface area contributed by atoms with Crippen LogP contribution in [0, 0.1) is 0 Å². The summed E-state index contributed by atoms with van der Waals surface area (Å²) >= 11 is 6.11. The number of hydrogen-bond acceptors (Lipinski definition) is 5. The Morgan fingerprint density at radius 3 is 2.65 bits per heavy atom. The van der Waals surface area contributed by atoms with E-state index in [0.717, 1.165) is 5.39 Å². The largest absolute Gasteiger partial charge is 0.378 e. The maximum Gasteiger partial charge on any atom is 0.256 e. The van der Waals surface area contributed by atoms with Crippen LogP contribution in [0.1, 0.15) is 18.1 Å². The van der Waals surface area contributed by atoms with Gasteiger partial charge < -0.3 is 10.0 Å². The average Bonchev–Trinajstić information content (AvgIpc) is 3.05. The van der Waals surface area contributed by atoms with Crippen LogP contribution in [0.15, 0.2) is 65.8 Å². The van der Waals surface area contributed by atoms with Crippen molar-refractivity contribution < 1.29 is 18.3 Å². The van der Waals surface area contributed by atoms with Gasteiger partial charge in [-0.25, -0.2) is 8.42 Å². The van der Waals surface area contributed by atoms with Crippen LogP contribution in [0.5, 0.6) is 0 Å². The summed E-state index contributed by atoms with van der Waals surface area (Å²) in [5.74, 6) is -0.483. The van der Waals surface area contributed by atoms with E-state index >= 15 is 0 Å². The predicted molar refractivity (Wildman–Crippen MR) is 118 cm³/mol. The third-order valence-corrected chi connectivity index (χ3v) is 7.76. The standard InChI is InChI=1S/C22H22ClN3O4S/c23-19-7-2-1-6-18(19)21(27)22(28)25-11-4-12-26(14-13-25)31(29,30)20-8-3-5-16-15-24-10-9-17(16)20/h1-3,5-10,15,21,27H,4,11-14H2/t21-/m0/s1. The van der Waals surface area contributed by atoms with Crippen LogP contribution < -0.4 is 0 Å². The lowest BCUT2D eigenvalue weighted by Crippen LogP contribution is -2.39. The van der Waals surface area contributed by atoms with Gasteiger partial charge in [0.25, 0.3) is 5.91 Å². The molecule has 1 saturated heterocycles. The first-order valence-electron chi connectivity index (χ1n) is 9.94. The van der Waals surface area contributed by atoms with Crippen molar-refractivity contribution in [3.8, 4) is 0 Å². The first-order valence-corrected chi connectivity index (χ1v) is 11.8. The first kappa shape index (κ1) is 21.7. The lowest BCUT2D eigenvalue weighted by molar-refractivity contribution is -0.140. The topological polar surface area (TPSA) is 90.8 Å². The highest BCUT2D eigenvalue weighted by Crippen LogP contribution is 2.27. The summed E-state index contributed by atoms with van der Waals surface area (Å²) in [6, 6.07) is 13.4. The van der Waals surface area contributed by atoms with E-state index in [-0.39, 0.29) is 24.5 Å². The van der Waals surface area contributed by atoms with E-state index in [4.69, 9.17) is 11.6 Å². The molecule has 1 aromatic heterocycles. The van der Waals surface area contributed by atoms with E-state index < -0.39 is 22.0 Å². The number of aliphatic hydroxyl groups excluding tert-OH is 1. The zero-order chi connectivity index (χ0) is 22.0. The Kier molecular flexibility index (Phi) is 6.24. The molecule has 1 fully saturated rings. The number of rotatable bonds is 4. The minimum Gasteiger partial charge on any atom is -0.378 e.